The second-order valence-corrected chi connectivity index (χ2v) is 8.51. The number of nitrogens with one attached hydrogen (secondary N) is 2. The molecule has 1 heterocycles. The van der Waals surface area contributed by atoms with E-state index in [1.54, 1.807) is 11.9 Å². The van der Waals surface area contributed by atoms with Crippen molar-refractivity contribution in [3.8, 4) is 0 Å². The highest BCUT2D eigenvalue weighted by atomic mass is 16.2. The molecule has 1 atom stereocenters. The van der Waals surface area contributed by atoms with Crippen molar-refractivity contribution >= 4 is 17.8 Å². The number of guanidine groups is 1. The lowest BCUT2D eigenvalue weighted by Crippen LogP contribution is -2.41. The summed E-state index contributed by atoms with van der Waals surface area (Å²) in [6.45, 7) is 3.30. The second kappa shape index (κ2) is 12.6. The van der Waals surface area contributed by atoms with Crippen LogP contribution in [-0.4, -0.2) is 67.8 Å². The summed E-state index contributed by atoms with van der Waals surface area (Å²) in [5.41, 5.74) is 2.36. The zero-order valence-corrected chi connectivity index (χ0v) is 19.7. The summed E-state index contributed by atoms with van der Waals surface area (Å²) in [6, 6.07) is 20.2. The van der Waals surface area contributed by atoms with E-state index in [0.29, 0.717) is 38.4 Å². The van der Waals surface area contributed by atoms with Crippen molar-refractivity contribution in [2.75, 3.05) is 40.3 Å². The maximum absolute atomic E-state index is 12.4. The molecule has 0 aliphatic carbocycles. The van der Waals surface area contributed by atoms with Gasteiger partial charge in [0.1, 0.15) is 0 Å². The van der Waals surface area contributed by atoms with Crippen molar-refractivity contribution in [1.29, 1.82) is 0 Å². The smallest absolute Gasteiger partial charge is 0.224 e. The van der Waals surface area contributed by atoms with Crippen molar-refractivity contribution in [3.05, 3.63) is 71.8 Å². The molecule has 0 radical (unpaired) electrons. The van der Waals surface area contributed by atoms with Gasteiger partial charge in [-0.3, -0.25) is 14.6 Å². The van der Waals surface area contributed by atoms with E-state index in [0.717, 1.165) is 25.1 Å². The highest BCUT2D eigenvalue weighted by molar-refractivity contribution is 5.82. The van der Waals surface area contributed by atoms with Gasteiger partial charge in [0.05, 0.1) is 0 Å². The lowest BCUT2D eigenvalue weighted by molar-refractivity contribution is -0.130. The third-order valence-electron chi connectivity index (χ3n) is 5.91. The molecule has 0 aromatic heterocycles. The van der Waals surface area contributed by atoms with Crippen LogP contribution >= 0.6 is 0 Å². The van der Waals surface area contributed by atoms with Crippen LogP contribution in [0.15, 0.2) is 65.7 Å². The van der Waals surface area contributed by atoms with Crippen LogP contribution in [0.25, 0.3) is 0 Å². The normalized spacial score (nSPS) is 16.1. The van der Waals surface area contributed by atoms with Gasteiger partial charge in [-0.25, -0.2) is 0 Å². The van der Waals surface area contributed by atoms with Gasteiger partial charge in [0, 0.05) is 65.6 Å². The average molecular weight is 450 g/mol. The number of aliphatic imine (C=N–C) groups is 1. The molecule has 2 amide bonds. The summed E-state index contributed by atoms with van der Waals surface area (Å²) in [6.07, 6.45) is 1.82. The van der Waals surface area contributed by atoms with Gasteiger partial charge < -0.3 is 20.4 Å². The predicted octanol–water partition coefficient (Wildman–Crippen LogP) is 2.29. The first-order chi connectivity index (χ1) is 16.0. The molecule has 0 spiro atoms. The maximum Gasteiger partial charge on any atom is 0.224 e. The third kappa shape index (κ3) is 7.93. The van der Waals surface area contributed by atoms with Gasteiger partial charge >= 0.3 is 0 Å². The molecule has 33 heavy (non-hydrogen) atoms. The van der Waals surface area contributed by atoms with Crippen LogP contribution in [0.5, 0.6) is 0 Å². The molecule has 3 rings (SSSR count). The molecule has 176 valence electrons. The van der Waals surface area contributed by atoms with Crippen LogP contribution < -0.4 is 10.6 Å². The highest BCUT2D eigenvalue weighted by Crippen LogP contribution is 2.17. The molecule has 0 bridgehead atoms. The van der Waals surface area contributed by atoms with E-state index in [4.69, 9.17) is 0 Å². The first-order valence-corrected chi connectivity index (χ1v) is 11.6. The van der Waals surface area contributed by atoms with Gasteiger partial charge in [-0.05, 0) is 17.5 Å². The highest BCUT2D eigenvalue weighted by Gasteiger charge is 2.29. The van der Waals surface area contributed by atoms with Gasteiger partial charge in [-0.15, -0.1) is 0 Å². The quantitative estimate of drug-likeness (QED) is 0.431. The maximum atomic E-state index is 12.4. The number of amides is 2. The Balaban J connectivity index is 1.33. The number of benzene rings is 2. The number of likely N-dealkylation sites (tertiary alicyclic amines) is 1. The van der Waals surface area contributed by atoms with Crippen LogP contribution in [0.4, 0.5) is 0 Å². The van der Waals surface area contributed by atoms with Gasteiger partial charge in [0.15, 0.2) is 5.96 Å². The summed E-state index contributed by atoms with van der Waals surface area (Å²) in [7, 11) is 3.54. The molecule has 1 unspecified atom stereocenters. The summed E-state index contributed by atoms with van der Waals surface area (Å²) < 4.78 is 0. The number of carbonyl (C=O) groups is 2. The van der Waals surface area contributed by atoms with Gasteiger partial charge in [0.2, 0.25) is 11.8 Å². The van der Waals surface area contributed by atoms with Gasteiger partial charge in [0.25, 0.3) is 0 Å². The molecule has 1 saturated heterocycles. The largest absolute Gasteiger partial charge is 0.356 e. The fourth-order valence-electron chi connectivity index (χ4n) is 4.00. The van der Waals surface area contributed by atoms with E-state index in [1.807, 2.05) is 60.5 Å². The van der Waals surface area contributed by atoms with Crippen molar-refractivity contribution in [1.82, 2.24) is 20.4 Å². The summed E-state index contributed by atoms with van der Waals surface area (Å²) in [5.74, 6) is 1.21. The average Bonchev–Trinajstić information content (AvgIpc) is 3.20. The Morgan fingerprint density at radius 3 is 2.39 bits per heavy atom. The lowest BCUT2D eigenvalue weighted by atomic mass is 10.1. The Hall–Kier alpha value is -3.35. The lowest BCUT2D eigenvalue weighted by Gasteiger charge is -2.19. The second-order valence-electron chi connectivity index (χ2n) is 8.51. The first kappa shape index (κ1) is 24.3. The molecule has 7 heteroatoms. The van der Waals surface area contributed by atoms with Crippen molar-refractivity contribution in [3.63, 3.8) is 0 Å². The Bertz CT molecular complexity index is 917. The van der Waals surface area contributed by atoms with E-state index >= 15 is 0 Å². The van der Waals surface area contributed by atoms with Gasteiger partial charge in [-0.1, -0.05) is 60.7 Å². The number of rotatable bonds is 10. The number of nitrogens with zero attached hydrogens (tertiary/aromatic N) is 3. The van der Waals surface area contributed by atoms with E-state index in [1.165, 1.54) is 5.56 Å². The minimum absolute atomic E-state index is 0.0808. The number of carbonyl (C=O) groups excluding carboxylic acids is 2. The topological polar surface area (TPSA) is 77.0 Å². The van der Waals surface area contributed by atoms with Crippen LogP contribution in [0.3, 0.4) is 0 Å². The van der Waals surface area contributed by atoms with Crippen LogP contribution in [0, 0.1) is 5.92 Å². The Labute approximate surface area is 196 Å². The summed E-state index contributed by atoms with van der Waals surface area (Å²) >= 11 is 0. The molecular weight excluding hydrogens is 414 g/mol. The molecule has 1 aliphatic rings. The minimum Gasteiger partial charge on any atom is -0.356 e. The van der Waals surface area contributed by atoms with E-state index in [9.17, 15) is 9.59 Å². The molecule has 1 aliphatic heterocycles. The van der Waals surface area contributed by atoms with Gasteiger partial charge in [-0.2, -0.15) is 0 Å². The molecule has 2 aromatic rings. The minimum atomic E-state index is 0.0808. The zero-order valence-electron chi connectivity index (χ0n) is 19.7. The van der Waals surface area contributed by atoms with Crippen molar-refractivity contribution < 1.29 is 9.59 Å². The molecule has 2 N–H and O–H groups in total. The van der Waals surface area contributed by atoms with Crippen LogP contribution in [0.1, 0.15) is 24.0 Å². The van der Waals surface area contributed by atoms with E-state index in [2.05, 4.69) is 27.8 Å². The zero-order chi connectivity index (χ0) is 23.5. The monoisotopic (exact) mass is 449 g/mol. The summed E-state index contributed by atoms with van der Waals surface area (Å²) in [5, 5.41) is 6.51. The molecular formula is C26H35N5O2. The molecule has 1 fully saturated rings. The standard InChI is InChI=1S/C26H35N5O2/c1-27-26(28-15-13-24(32)30(2)19-22-11-7-4-8-12-22)29-18-23-17-25(33)31(20-23)16-14-21-9-5-3-6-10-21/h3-12,23H,13-20H2,1-2H3,(H2,27,28,29). The Morgan fingerprint density at radius 1 is 1.06 bits per heavy atom. The Morgan fingerprint density at radius 2 is 1.73 bits per heavy atom. The van der Waals surface area contributed by atoms with Crippen molar-refractivity contribution in [2.24, 2.45) is 10.9 Å². The fourth-order valence-corrected chi connectivity index (χ4v) is 4.00. The third-order valence-corrected chi connectivity index (χ3v) is 5.91. The SMILES string of the molecule is CN=C(NCCC(=O)N(C)Cc1ccccc1)NCC1CC(=O)N(CCc2ccccc2)C1. The molecule has 0 saturated carbocycles. The van der Waals surface area contributed by atoms with Crippen LogP contribution in [0.2, 0.25) is 0 Å². The summed E-state index contributed by atoms with van der Waals surface area (Å²) in [4.78, 5) is 32.7. The molecule has 7 nitrogen and oxygen atoms in total. The molecule has 2 aromatic carbocycles. The predicted molar refractivity (Wildman–Crippen MR) is 132 cm³/mol. The first-order valence-electron chi connectivity index (χ1n) is 11.6. The number of hydrogen-bond acceptors (Lipinski definition) is 3. The fraction of sp³-hybridized carbons (Fsp3) is 0.423. The van der Waals surface area contributed by atoms with Crippen LogP contribution in [-0.2, 0) is 22.6 Å². The van der Waals surface area contributed by atoms with Crippen molar-refractivity contribution in [2.45, 2.75) is 25.8 Å². The Kier molecular flexibility index (Phi) is 9.30. The van der Waals surface area contributed by atoms with E-state index < -0.39 is 0 Å². The number of hydrogen-bond donors (Lipinski definition) is 2. The van der Waals surface area contributed by atoms with E-state index in [-0.39, 0.29) is 17.7 Å².